The first-order valence-corrected chi connectivity index (χ1v) is 8.09. The second kappa shape index (κ2) is 6.41. The Hall–Kier alpha value is -1.00. The van der Waals surface area contributed by atoms with Crippen molar-refractivity contribution >= 4 is 0 Å². The second-order valence-corrected chi connectivity index (χ2v) is 6.53. The van der Waals surface area contributed by atoms with Crippen LogP contribution in [0, 0.1) is 17.6 Å². The van der Waals surface area contributed by atoms with E-state index in [2.05, 4.69) is 4.90 Å². The van der Waals surface area contributed by atoms with E-state index in [0.717, 1.165) is 37.5 Å². The van der Waals surface area contributed by atoms with Gasteiger partial charge in [-0.1, -0.05) is 12.8 Å². The molecule has 3 atom stereocenters. The van der Waals surface area contributed by atoms with Crippen LogP contribution in [-0.2, 0) is 0 Å². The Kier molecular flexibility index (Phi) is 4.55. The summed E-state index contributed by atoms with van der Waals surface area (Å²) in [5.74, 6) is -0.232. The van der Waals surface area contributed by atoms with Crippen LogP contribution in [0.4, 0.5) is 8.78 Å². The van der Waals surface area contributed by atoms with Crippen LogP contribution in [0.5, 0.6) is 0 Å². The number of nitrogens with two attached hydrogens (primary N) is 1. The molecule has 1 aliphatic heterocycles. The molecule has 0 aromatic heterocycles. The number of fused-ring (bicyclic) bond motifs is 1. The normalized spacial score (nSPS) is 27.6. The molecule has 1 saturated carbocycles. The quantitative estimate of drug-likeness (QED) is 0.919. The molecular formula is C17H24F2N2. The number of hydrogen-bond donors (Lipinski definition) is 1. The lowest BCUT2D eigenvalue weighted by atomic mass is 9.85. The maximum atomic E-state index is 13.2. The molecule has 1 heterocycles. The van der Waals surface area contributed by atoms with Crippen molar-refractivity contribution in [3.63, 3.8) is 0 Å². The van der Waals surface area contributed by atoms with E-state index < -0.39 is 11.6 Å². The maximum absolute atomic E-state index is 13.2. The molecule has 21 heavy (non-hydrogen) atoms. The summed E-state index contributed by atoms with van der Waals surface area (Å²) in [4.78, 5) is 2.54. The van der Waals surface area contributed by atoms with Crippen molar-refractivity contribution < 1.29 is 8.78 Å². The van der Waals surface area contributed by atoms with E-state index in [-0.39, 0.29) is 6.04 Å². The molecule has 1 saturated heterocycles. The number of halogens is 2. The summed E-state index contributed by atoms with van der Waals surface area (Å²) in [6.07, 6.45) is 7.42. The number of nitrogens with zero attached hydrogens (tertiary/aromatic N) is 1. The van der Waals surface area contributed by atoms with Crippen molar-refractivity contribution in [2.24, 2.45) is 11.7 Å². The number of benzene rings is 1. The van der Waals surface area contributed by atoms with E-state index in [9.17, 15) is 8.78 Å². The third kappa shape index (κ3) is 3.43. The standard InChI is InChI=1S/C17H24F2N2/c18-14-9-13(10-15(19)11-14)16(20)6-8-21-7-5-12-3-1-2-4-17(12)21/h9-12,16-17H,1-8,20H2. The Morgan fingerprint density at radius 2 is 1.81 bits per heavy atom. The second-order valence-electron chi connectivity index (χ2n) is 6.53. The summed E-state index contributed by atoms with van der Waals surface area (Å²) < 4.78 is 26.5. The van der Waals surface area contributed by atoms with Crippen LogP contribution >= 0.6 is 0 Å². The summed E-state index contributed by atoms with van der Waals surface area (Å²) in [6, 6.07) is 4.01. The first-order valence-electron chi connectivity index (χ1n) is 8.09. The molecule has 0 bridgehead atoms. The molecule has 2 nitrogen and oxygen atoms in total. The highest BCUT2D eigenvalue weighted by Crippen LogP contribution is 2.36. The van der Waals surface area contributed by atoms with Crippen LogP contribution in [0.25, 0.3) is 0 Å². The van der Waals surface area contributed by atoms with E-state index in [1.807, 2.05) is 0 Å². The van der Waals surface area contributed by atoms with Gasteiger partial charge in [-0.25, -0.2) is 8.78 Å². The third-order valence-electron chi connectivity index (χ3n) is 5.17. The van der Waals surface area contributed by atoms with Crippen molar-refractivity contribution in [2.45, 2.75) is 50.6 Å². The van der Waals surface area contributed by atoms with Crippen LogP contribution in [-0.4, -0.2) is 24.0 Å². The Morgan fingerprint density at radius 3 is 2.57 bits per heavy atom. The summed E-state index contributed by atoms with van der Waals surface area (Å²) in [7, 11) is 0. The molecule has 0 amide bonds. The van der Waals surface area contributed by atoms with Gasteiger partial charge in [0.05, 0.1) is 0 Å². The minimum Gasteiger partial charge on any atom is -0.324 e. The lowest BCUT2D eigenvalue weighted by molar-refractivity contribution is 0.178. The average molecular weight is 294 g/mol. The van der Waals surface area contributed by atoms with E-state index in [1.165, 1.54) is 44.2 Å². The van der Waals surface area contributed by atoms with E-state index in [0.29, 0.717) is 5.56 Å². The minimum absolute atomic E-state index is 0.294. The maximum Gasteiger partial charge on any atom is 0.126 e. The lowest BCUT2D eigenvalue weighted by Gasteiger charge is -2.32. The minimum atomic E-state index is -0.547. The largest absolute Gasteiger partial charge is 0.324 e. The fourth-order valence-electron chi connectivity index (χ4n) is 4.04. The Morgan fingerprint density at radius 1 is 1.10 bits per heavy atom. The molecule has 1 aliphatic carbocycles. The van der Waals surface area contributed by atoms with Gasteiger partial charge in [0.2, 0.25) is 0 Å². The zero-order valence-electron chi connectivity index (χ0n) is 12.4. The smallest absolute Gasteiger partial charge is 0.126 e. The van der Waals surface area contributed by atoms with Gasteiger partial charge in [-0.15, -0.1) is 0 Å². The van der Waals surface area contributed by atoms with Gasteiger partial charge in [0.15, 0.2) is 0 Å². The number of hydrogen-bond acceptors (Lipinski definition) is 2. The van der Waals surface area contributed by atoms with E-state index >= 15 is 0 Å². The Bertz CT molecular complexity index is 471. The van der Waals surface area contributed by atoms with Gasteiger partial charge in [0.25, 0.3) is 0 Å². The monoisotopic (exact) mass is 294 g/mol. The molecule has 2 aliphatic rings. The fraction of sp³-hybridized carbons (Fsp3) is 0.647. The van der Waals surface area contributed by atoms with E-state index in [4.69, 9.17) is 5.73 Å². The number of rotatable bonds is 4. The van der Waals surface area contributed by atoms with Crippen LogP contribution in [0.2, 0.25) is 0 Å². The van der Waals surface area contributed by atoms with Crippen LogP contribution in [0.3, 0.4) is 0 Å². The first kappa shape index (κ1) is 14.9. The van der Waals surface area contributed by atoms with Gasteiger partial charge in [0.1, 0.15) is 11.6 Å². The van der Waals surface area contributed by atoms with Gasteiger partial charge < -0.3 is 10.6 Å². The van der Waals surface area contributed by atoms with Gasteiger partial charge in [-0.2, -0.15) is 0 Å². The molecule has 0 spiro atoms. The highest BCUT2D eigenvalue weighted by atomic mass is 19.1. The average Bonchev–Trinajstić information content (AvgIpc) is 2.87. The molecule has 2 fully saturated rings. The summed E-state index contributed by atoms with van der Waals surface area (Å²) >= 11 is 0. The van der Waals surface area contributed by atoms with Gasteiger partial charge in [-0.3, -0.25) is 0 Å². The van der Waals surface area contributed by atoms with Crippen molar-refractivity contribution in [1.82, 2.24) is 4.90 Å². The Labute approximate surface area is 125 Å². The predicted octanol–water partition coefficient (Wildman–Crippen LogP) is 3.62. The highest BCUT2D eigenvalue weighted by Gasteiger charge is 2.35. The SMILES string of the molecule is NC(CCN1CCC2CCCCC21)c1cc(F)cc(F)c1. The van der Waals surface area contributed by atoms with E-state index in [1.54, 1.807) is 0 Å². The van der Waals surface area contributed by atoms with Crippen molar-refractivity contribution in [3.05, 3.63) is 35.4 Å². The first-order chi connectivity index (χ1) is 10.1. The van der Waals surface area contributed by atoms with Crippen LogP contribution in [0.15, 0.2) is 18.2 Å². The number of likely N-dealkylation sites (tertiary alicyclic amines) is 1. The summed E-state index contributed by atoms with van der Waals surface area (Å²) in [5.41, 5.74) is 6.68. The van der Waals surface area contributed by atoms with Crippen LogP contribution < -0.4 is 5.73 Å². The van der Waals surface area contributed by atoms with Crippen molar-refractivity contribution in [3.8, 4) is 0 Å². The topological polar surface area (TPSA) is 29.3 Å². The summed E-state index contributed by atoms with van der Waals surface area (Å²) in [6.45, 7) is 2.08. The van der Waals surface area contributed by atoms with Gasteiger partial charge >= 0.3 is 0 Å². The van der Waals surface area contributed by atoms with Crippen molar-refractivity contribution in [2.75, 3.05) is 13.1 Å². The molecule has 1 aromatic carbocycles. The molecule has 1 aromatic rings. The van der Waals surface area contributed by atoms with Crippen LogP contribution in [0.1, 0.15) is 50.1 Å². The molecule has 4 heteroatoms. The Balaban J connectivity index is 1.57. The molecule has 0 radical (unpaired) electrons. The molecule has 3 rings (SSSR count). The van der Waals surface area contributed by atoms with Gasteiger partial charge in [-0.05, 0) is 55.8 Å². The van der Waals surface area contributed by atoms with Crippen molar-refractivity contribution in [1.29, 1.82) is 0 Å². The molecule has 116 valence electrons. The third-order valence-corrected chi connectivity index (χ3v) is 5.17. The molecule has 2 N–H and O–H groups in total. The zero-order valence-corrected chi connectivity index (χ0v) is 12.4. The van der Waals surface area contributed by atoms with Gasteiger partial charge in [0, 0.05) is 24.7 Å². The predicted molar refractivity (Wildman–Crippen MR) is 79.8 cm³/mol. The fourth-order valence-corrected chi connectivity index (χ4v) is 4.04. The molecular weight excluding hydrogens is 270 g/mol. The highest BCUT2D eigenvalue weighted by molar-refractivity contribution is 5.21. The molecule has 3 unspecified atom stereocenters. The lowest BCUT2D eigenvalue weighted by Crippen LogP contribution is -2.36. The summed E-state index contributed by atoms with van der Waals surface area (Å²) in [5, 5.41) is 0. The zero-order chi connectivity index (χ0) is 14.8.